The lowest BCUT2D eigenvalue weighted by atomic mass is 10.1. The van der Waals surface area contributed by atoms with E-state index < -0.39 is 0 Å². The van der Waals surface area contributed by atoms with Crippen molar-refractivity contribution in [3.63, 3.8) is 0 Å². The second-order valence-electron chi connectivity index (χ2n) is 5.25. The van der Waals surface area contributed by atoms with Gasteiger partial charge in [-0.15, -0.1) is 0 Å². The fourth-order valence-electron chi connectivity index (χ4n) is 2.84. The Balaban J connectivity index is 2.12. The molecule has 1 aromatic heterocycles. The second-order valence-corrected chi connectivity index (χ2v) is 5.61. The molecule has 1 heterocycles. The van der Waals surface area contributed by atoms with E-state index in [-0.39, 0.29) is 0 Å². The molecule has 0 atom stereocenters. The van der Waals surface area contributed by atoms with E-state index in [1.807, 2.05) is 0 Å². The number of hydrogen-bond acceptors (Lipinski definition) is 3. The predicted molar refractivity (Wildman–Crippen MR) is 76.3 cm³/mol. The van der Waals surface area contributed by atoms with Crippen LogP contribution in [0.3, 0.4) is 0 Å². The molecule has 0 N–H and O–H groups in total. The third kappa shape index (κ3) is 3.14. The van der Waals surface area contributed by atoms with E-state index in [9.17, 15) is 0 Å². The summed E-state index contributed by atoms with van der Waals surface area (Å²) in [5.41, 5.74) is 1.10. The number of anilines is 1. The fourth-order valence-corrected chi connectivity index (χ4v) is 3.07. The molecule has 0 radical (unpaired) electrons. The van der Waals surface area contributed by atoms with Gasteiger partial charge >= 0.3 is 0 Å². The Morgan fingerprint density at radius 3 is 2.72 bits per heavy atom. The van der Waals surface area contributed by atoms with Crippen molar-refractivity contribution in [1.82, 2.24) is 9.97 Å². The molecule has 100 valence electrons. The van der Waals surface area contributed by atoms with Crippen LogP contribution in [0, 0.1) is 5.92 Å². The third-order valence-corrected chi connectivity index (χ3v) is 4.06. The summed E-state index contributed by atoms with van der Waals surface area (Å²) in [6.07, 6.45) is 9.05. The van der Waals surface area contributed by atoms with Crippen molar-refractivity contribution in [3.05, 3.63) is 17.0 Å². The Morgan fingerprint density at radius 2 is 2.06 bits per heavy atom. The predicted octanol–water partition coefficient (Wildman–Crippen LogP) is 3.71. The van der Waals surface area contributed by atoms with Gasteiger partial charge in [0, 0.05) is 19.2 Å². The highest BCUT2D eigenvalue weighted by Crippen LogP contribution is 2.29. The lowest BCUT2D eigenvalue weighted by Gasteiger charge is -2.24. The first-order valence-corrected chi connectivity index (χ1v) is 7.30. The third-order valence-electron chi connectivity index (χ3n) is 3.74. The van der Waals surface area contributed by atoms with Crippen LogP contribution in [0.1, 0.15) is 44.6 Å². The minimum atomic E-state index is 0.611. The molecule has 1 fully saturated rings. The molecule has 0 saturated heterocycles. The van der Waals surface area contributed by atoms with Gasteiger partial charge in [0.15, 0.2) is 0 Å². The molecule has 1 aliphatic rings. The Morgan fingerprint density at radius 1 is 1.33 bits per heavy atom. The summed E-state index contributed by atoms with van der Waals surface area (Å²) in [7, 11) is 2.12. The van der Waals surface area contributed by atoms with Crippen molar-refractivity contribution in [2.45, 2.75) is 45.4 Å². The van der Waals surface area contributed by atoms with Crippen LogP contribution in [0.4, 0.5) is 5.82 Å². The van der Waals surface area contributed by atoms with Crippen LogP contribution in [0.25, 0.3) is 0 Å². The van der Waals surface area contributed by atoms with Gasteiger partial charge in [0.25, 0.3) is 0 Å². The highest BCUT2D eigenvalue weighted by Gasteiger charge is 2.19. The highest BCUT2D eigenvalue weighted by atomic mass is 35.5. The van der Waals surface area contributed by atoms with Gasteiger partial charge in [0.05, 0.1) is 0 Å². The fraction of sp³-hybridized carbons (Fsp3) is 0.714. The average Bonchev–Trinajstić information content (AvgIpc) is 2.84. The van der Waals surface area contributed by atoms with E-state index >= 15 is 0 Å². The van der Waals surface area contributed by atoms with Gasteiger partial charge in [-0.2, -0.15) is 0 Å². The average molecular weight is 268 g/mol. The summed E-state index contributed by atoms with van der Waals surface area (Å²) >= 11 is 6.19. The first-order valence-electron chi connectivity index (χ1n) is 6.93. The lowest BCUT2D eigenvalue weighted by molar-refractivity contribution is 0.544. The van der Waals surface area contributed by atoms with Crippen LogP contribution in [0.5, 0.6) is 0 Å². The van der Waals surface area contributed by atoms with Crippen LogP contribution in [-0.2, 0) is 6.42 Å². The Kier molecular flexibility index (Phi) is 4.81. The molecule has 0 spiro atoms. The number of nitrogens with zero attached hydrogens (tertiary/aromatic N) is 3. The van der Waals surface area contributed by atoms with Crippen molar-refractivity contribution < 1.29 is 0 Å². The molecule has 18 heavy (non-hydrogen) atoms. The molecule has 0 aromatic carbocycles. The smallest absolute Gasteiger partial charge is 0.137 e. The molecule has 4 heteroatoms. The minimum absolute atomic E-state index is 0.611. The van der Waals surface area contributed by atoms with E-state index in [2.05, 4.69) is 28.8 Å². The van der Waals surface area contributed by atoms with Crippen LogP contribution in [-0.4, -0.2) is 23.6 Å². The number of aromatic nitrogens is 2. The molecule has 1 saturated carbocycles. The topological polar surface area (TPSA) is 29.0 Å². The maximum Gasteiger partial charge on any atom is 0.137 e. The quantitative estimate of drug-likeness (QED) is 0.762. The standard InChI is InChI=1S/C14H22ClN3/c1-3-6-12-13(15)16-10-17-14(12)18(2)9-11-7-4-5-8-11/h10-11H,3-9H2,1-2H3. The molecule has 2 rings (SSSR count). The van der Waals surface area contributed by atoms with Crippen molar-refractivity contribution in [2.24, 2.45) is 5.92 Å². The van der Waals surface area contributed by atoms with Gasteiger partial charge in [-0.05, 0) is 25.2 Å². The van der Waals surface area contributed by atoms with Gasteiger partial charge in [-0.1, -0.05) is 37.8 Å². The molecule has 0 bridgehead atoms. The summed E-state index contributed by atoms with van der Waals surface area (Å²) in [6, 6.07) is 0. The maximum absolute atomic E-state index is 6.19. The van der Waals surface area contributed by atoms with Crippen LogP contribution < -0.4 is 4.90 Å². The van der Waals surface area contributed by atoms with E-state index in [0.717, 1.165) is 36.7 Å². The molecule has 0 unspecified atom stereocenters. The van der Waals surface area contributed by atoms with Gasteiger partial charge in [-0.25, -0.2) is 9.97 Å². The zero-order valence-corrected chi connectivity index (χ0v) is 12.1. The minimum Gasteiger partial charge on any atom is -0.359 e. The second kappa shape index (κ2) is 6.37. The lowest BCUT2D eigenvalue weighted by Crippen LogP contribution is -2.26. The van der Waals surface area contributed by atoms with E-state index in [0.29, 0.717) is 5.15 Å². The van der Waals surface area contributed by atoms with Gasteiger partial charge in [-0.3, -0.25) is 0 Å². The van der Waals surface area contributed by atoms with Gasteiger partial charge in [0.2, 0.25) is 0 Å². The molecule has 3 nitrogen and oxygen atoms in total. The number of rotatable bonds is 5. The highest BCUT2D eigenvalue weighted by molar-refractivity contribution is 6.30. The van der Waals surface area contributed by atoms with Crippen LogP contribution in [0.15, 0.2) is 6.33 Å². The summed E-state index contributed by atoms with van der Waals surface area (Å²) in [6.45, 7) is 3.24. The molecule has 1 aromatic rings. The molecule has 0 amide bonds. The van der Waals surface area contributed by atoms with Gasteiger partial charge < -0.3 is 4.90 Å². The largest absolute Gasteiger partial charge is 0.359 e. The number of halogens is 1. The summed E-state index contributed by atoms with van der Waals surface area (Å²) < 4.78 is 0. The molecular formula is C14H22ClN3. The van der Waals surface area contributed by atoms with Crippen molar-refractivity contribution in [3.8, 4) is 0 Å². The Hall–Kier alpha value is -0.830. The Bertz CT molecular complexity index is 389. The van der Waals surface area contributed by atoms with E-state index in [1.54, 1.807) is 6.33 Å². The summed E-state index contributed by atoms with van der Waals surface area (Å²) in [4.78, 5) is 10.8. The van der Waals surface area contributed by atoms with Crippen molar-refractivity contribution in [2.75, 3.05) is 18.5 Å². The first kappa shape index (κ1) is 13.6. The SMILES string of the molecule is CCCc1c(Cl)ncnc1N(C)CC1CCCC1. The molecular weight excluding hydrogens is 246 g/mol. The normalized spacial score (nSPS) is 16.2. The van der Waals surface area contributed by atoms with Gasteiger partial charge in [0.1, 0.15) is 17.3 Å². The van der Waals surface area contributed by atoms with E-state index in [1.165, 1.54) is 25.7 Å². The van der Waals surface area contributed by atoms with Crippen molar-refractivity contribution in [1.29, 1.82) is 0 Å². The zero-order chi connectivity index (χ0) is 13.0. The maximum atomic E-state index is 6.19. The monoisotopic (exact) mass is 267 g/mol. The zero-order valence-electron chi connectivity index (χ0n) is 11.3. The van der Waals surface area contributed by atoms with Crippen molar-refractivity contribution >= 4 is 17.4 Å². The first-order chi connectivity index (χ1) is 8.72. The molecule has 1 aliphatic carbocycles. The summed E-state index contributed by atoms with van der Waals surface area (Å²) in [5.74, 6) is 1.84. The van der Waals surface area contributed by atoms with Crippen LogP contribution in [0.2, 0.25) is 5.15 Å². The summed E-state index contributed by atoms with van der Waals surface area (Å²) in [5, 5.41) is 0.611. The Labute approximate surface area is 115 Å². The van der Waals surface area contributed by atoms with Crippen LogP contribution >= 0.6 is 11.6 Å². The number of hydrogen-bond donors (Lipinski definition) is 0. The molecule has 0 aliphatic heterocycles. The van der Waals surface area contributed by atoms with E-state index in [4.69, 9.17) is 11.6 Å².